The number of rotatable bonds is 4. The lowest BCUT2D eigenvalue weighted by molar-refractivity contribution is 0.188. The maximum atomic E-state index is 12.9. The van der Waals surface area contributed by atoms with Crippen LogP contribution in [0.15, 0.2) is 51.4 Å². The van der Waals surface area contributed by atoms with Gasteiger partial charge in [-0.05, 0) is 65.3 Å². The largest absolute Gasteiger partial charge is 0.480 e. The van der Waals surface area contributed by atoms with Gasteiger partial charge >= 0.3 is 0 Å². The van der Waals surface area contributed by atoms with Crippen molar-refractivity contribution in [2.45, 2.75) is 13.0 Å². The molecule has 7 heteroatoms. The van der Waals surface area contributed by atoms with Gasteiger partial charge in [-0.25, -0.2) is 4.39 Å². The van der Waals surface area contributed by atoms with Crippen molar-refractivity contribution in [1.82, 2.24) is 10.2 Å². The minimum Gasteiger partial charge on any atom is -0.480 e. The third-order valence-electron chi connectivity index (χ3n) is 3.08. The smallest absolute Gasteiger partial charge is 0.257 e. The van der Waals surface area contributed by atoms with Gasteiger partial charge in [0.15, 0.2) is 6.10 Å². The molecule has 0 spiro atoms. The van der Waals surface area contributed by atoms with Crippen LogP contribution in [0.3, 0.4) is 0 Å². The van der Waals surface area contributed by atoms with E-state index in [2.05, 4.69) is 26.1 Å². The van der Waals surface area contributed by atoms with E-state index in [1.54, 1.807) is 37.3 Å². The highest BCUT2D eigenvalue weighted by molar-refractivity contribution is 9.10. The molecule has 4 nitrogen and oxygen atoms in total. The number of aromatic nitrogens is 2. The van der Waals surface area contributed by atoms with Crippen molar-refractivity contribution < 1.29 is 13.5 Å². The zero-order valence-electron chi connectivity index (χ0n) is 12.0. The second kappa shape index (κ2) is 6.68. The van der Waals surface area contributed by atoms with Gasteiger partial charge in [0, 0.05) is 10.6 Å². The SMILES string of the molecule is C[C@H](Oc1ccc(Cl)cc1Br)c1nnc(-c2ccc(F)cc2)o1. The molecular formula is C16H11BrClFN2O2. The van der Waals surface area contributed by atoms with Crippen LogP contribution < -0.4 is 4.74 Å². The molecule has 118 valence electrons. The van der Waals surface area contributed by atoms with E-state index in [0.29, 0.717) is 28.1 Å². The molecule has 0 N–H and O–H groups in total. The lowest BCUT2D eigenvalue weighted by Gasteiger charge is -2.12. The van der Waals surface area contributed by atoms with Gasteiger partial charge in [-0.2, -0.15) is 0 Å². The molecule has 23 heavy (non-hydrogen) atoms. The van der Waals surface area contributed by atoms with Crippen molar-refractivity contribution in [3.8, 4) is 17.2 Å². The Morgan fingerprint density at radius 1 is 1.17 bits per heavy atom. The fourth-order valence-corrected chi connectivity index (χ4v) is 2.70. The van der Waals surface area contributed by atoms with Crippen LogP contribution in [-0.4, -0.2) is 10.2 Å². The third-order valence-corrected chi connectivity index (χ3v) is 3.93. The summed E-state index contributed by atoms with van der Waals surface area (Å²) in [5, 5.41) is 8.55. The molecule has 0 aliphatic carbocycles. The minimum atomic E-state index is -0.450. The minimum absolute atomic E-state index is 0.311. The van der Waals surface area contributed by atoms with E-state index in [9.17, 15) is 4.39 Å². The lowest BCUT2D eigenvalue weighted by atomic mass is 10.2. The van der Waals surface area contributed by atoms with Crippen molar-refractivity contribution in [3.63, 3.8) is 0 Å². The third kappa shape index (κ3) is 3.71. The molecular weight excluding hydrogens is 387 g/mol. The Kier molecular flexibility index (Phi) is 4.63. The first-order chi connectivity index (χ1) is 11.0. The van der Waals surface area contributed by atoms with Crippen molar-refractivity contribution >= 4 is 27.5 Å². The van der Waals surface area contributed by atoms with Gasteiger partial charge in [0.2, 0.25) is 5.89 Å². The van der Waals surface area contributed by atoms with E-state index < -0.39 is 6.10 Å². The Hall–Kier alpha value is -1.92. The first-order valence-corrected chi connectivity index (χ1v) is 7.91. The molecule has 3 rings (SSSR count). The molecule has 2 aromatic carbocycles. The fraction of sp³-hybridized carbons (Fsp3) is 0.125. The molecule has 0 fully saturated rings. The van der Waals surface area contributed by atoms with Crippen molar-refractivity contribution in [1.29, 1.82) is 0 Å². The van der Waals surface area contributed by atoms with E-state index in [0.717, 1.165) is 4.47 Å². The molecule has 0 amide bonds. The van der Waals surface area contributed by atoms with Gasteiger partial charge in [0.25, 0.3) is 5.89 Å². The predicted molar refractivity (Wildman–Crippen MR) is 87.9 cm³/mol. The number of nitrogens with zero attached hydrogens (tertiary/aromatic N) is 2. The summed E-state index contributed by atoms with van der Waals surface area (Å²) in [5.41, 5.74) is 0.644. The monoisotopic (exact) mass is 396 g/mol. The van der Waals surface area contributed by atoms with Crippen LogP contribution in [0.4, 0.5) is 4.39 Å². The Labute approximate surface area is 145 Å². The van der Waals surface area contributed by atoms with Crippen LogP contribution in [0.2, 0.25) is 5.02 Å². The molecule has 0 unspecified atom stereocenters. The highest BCUT2D eigenvalue weighted by Gasteiger charge is 2.17. The van der Waals surface area contributed by atoms with E-state index in [-0.39, 0.29) is 5.82 Å². The summed E-state index contributed by atoms with van der Waals surface area (Å²) < 4.78 is 25.1. The van der Waals surface area contributed by atoms with Crippen molar-refractivity contribution in [2.75, 3.05) is 0 Å². The van der Waals surface area contributed by atoms with Crippen molar-refractivity contribution in [2.24, 2.45) is 0 Å². The van der Waals surface area contributed by atoms with Crippen LogP contribution >= 0.6 is 27.5 Å². The van der Waals surface area contributed by atoms with Gasteiger partial charge in [-0.1, -0.05) is 11.6 Å². The van der Waals surface area contributed by atoms with Gasteiger partial charge in [-0.3, -0.25) is 0 Å². The molecule has 0 radical (unpaired) electrons. The van der Waals surface area contributed by atoms with Crippen molar-refractivity contribution in [3.05, 3.63) is 63.7 Å². The summed E-state index contributed by atoms with van der Waals surface area (Å²) in [5.74, 6) is 0.929. The van der Waals surface area contributed by atoms with E-state index >= 15 is 0 Å². The number of halogens is 3. The summed E-state index contributed by atoms with van der Waals surface area (Å²) in [7, 11) is 0. The van der Waals surface area contributed by atoms with Gasteiger partial charge in [0.1, 0.15) is 11.6 Å². The predicted octanol–water partition coefficient (Wildman–Crippen LogP) is 5.43. The van der Waals surface area contributed by atoms with Gasteiger partial charge in [-0.15, -0.1) is 10.2 Å². The summed E-state index contributed by atoms with van der Waals surface area (Å²) in [4.78, 5) is 0. The molecule has 0 saturated carbocycles. The fourth-order valence-electron chi connectivity index (χ4n) is 1.92. The molecule has 0 aliphatic heterocycles. The number of benzene rings is 2. The summed E-state index contributed by atoms with van der Waals surface area (Å²) in [6.07, 6.45) is -0.450. The second-order valence-corrected chi connectivity index (χ2v) is 6.08. The highest BCUT2D eigenvalue weighted by Crippen LogP contribution is 2.32. The second-order valence-electron chi connectivity index (χ2n) is 4.79. The first-order valence-electron chi connectivity index (χ1n) is 6.74. The van der Waals surface area contributed by atoms with Crippen LogP contribution in [-0.2, 0) is 0 Å². The van der Waals surface area contributed by atoms with Crippen LogP contribution in [0.25, 0.3) is 11.5 Å². The summed E-state index contributed by atoms with van der Waals surface area (Å²) in [6, 6.07) is 11.0. The van der Waals surface area contributed by atoms with E-state index in [1.165, 1.54) is 12.1 Å². The number of ether oxygens (including phenoxy) is 1. The zero-order valence-corrected chi connectivity index (χ0v) is 14.3. The van der Waals surface area contributed by atoms with Gasteiger partial charge < -0.3 is 9.15 Å². The average molecular weight is 398 g/mol. The lowest BCUT2D eigenvalue weighted by Crippen LogP contribution is -2.03. The van der Waals surface area contributed by atoms with Gasteiger partial charge in [0.05, 0.1) is 4.47 Å². The topological polar surface area (TPSA) is 48.2 Å². The normalized spacial score (nSPS) is 12.2. The molecule has 0 saturated heterocycles. The Morgan fingerprint density at radius 2 is 1.91 bits per heavy atom. The van der Waals surface area contributed by atoms with Crippen LogP contribution in [0, 0.1) is 5.82 Å². The Bertz CT molecular complexity index is 823. The summed E-state index contributed by atoms with van der Waals surface area (Å²) in [6.45, 7) is 1.79. The Morgan fingerprint density at radius 3 is 2.61 bits per heavy atom. The standard InChI is InChI=1S/C16H11BrClFN2O2/c1-9(22-14-7-4-11(18)8-13(14)17)15-20-21-16(23-15)10-2-5-12(19)6-3-10/h2-9H,1H3/t9-/m0/s1. The zero-order chi connectivity index (χ0) is 16.4. The van der Waals surface area contributed by atoms with E-state index in [4.69, 9.17) is 20.8 Å². The summed E-state index contributed by atoms with van der Waals surface area (Å²) >= 11 is 9.28. The van der Waals surface area contributed by atoms with Crippen LogP contribution in [0.1, 0.15) is 18.9 Å². The van der Waals surface area contributed by atoms with Crippen LogP contribution in [0.5, 0.6) is 5.75 Å². The molecule has 0 aliphatic rings. The number of hydrogen-bond donors (Lipinski definition) is 0. The average Bonchev–Trinajstić information content (AvgIpc) is 3.01. The molecule has 1 heterocycles. The quantitative estimate of drug-likeness (QED) is 0.589. The maximum absolute atomic E-state index is 12.9. The highest BCUT2D eigenvalue weighted by atomic mass is 79.9. The molecule has 1 aromatic heterocycles. The molecule has 3 aromatic rings. The van der Waals surface area contributed by atoms with E-state index in [1.807, 2.05) is 0 Å². The number of hydrogen-bond acceptors (Lipinski definition) is 4. The Balaban J connectivity index is 1.78. The first kappa shape index (κ1) is 16.0. The maximum Gasteiger partial charge on any atom is 0.257 e. The molecule has 0 bridgehead atoms. The molecule has 1 atom stereocenters.